The Morgan fingerprint density at radius 1 is 1.47 bits per heavy atom. The van der Waals surface area contributed by atoms with E-state index in [9.17, 15) is 10.1 Å². The van der Waals surface area contributed by atoms with Gasteiger partial charge in [0.1, 0.15) is 0 Å². The minimum atomic E-state index is -0.413. The molecule has 2 N–H and O–H groups in total. The average Bonchev–Trinajstić information content (AvgIpc) is 2.77. The molecule has 0 bridgehead atoms. The van der Waals surface area contributed by atoms with Crippen LogP contribution in [0.2, 0.25) is 5.02 Å². The zero-order chi connectivity index (χ0) is 13.8. The molecule has 19 heavy (non-hydrogen) atoms. The second kappa shape index (κ2) is 5.81. The third-order valence-electron chi connectivity index (χ3n) is 2.68. The molecular weight excluding hydrogens is 268 g/mol. The van der Waals surface area contributed by atoms with Gasteiger partial charge in [0, 0.05) is 23.7 Å². The van der Waals surface area contributed by atoms with Crippen molar-refractivity contribution < 1.29 is 4.92 Å². The Morgan fingerprint density at radius 3 is 2.95 bits per heavy atom. The lowest BCUT2D eigenvalue weighted by atomic mass is 10.2. The van der Waals surface area contributed by atoms with Crippen LogP contribution >= 0.6 is 11.6 Å². The largest absolute Gasteiger partial charge is 0.333 e. The van der Waals surface area contributed by atoms with Crippen molar-refractivity contribution in [1.82, 2.24) is 9.55 Å². The minimum absolute atomic E-state index is 0.0541. The summed E-state index contributed by atoms with van der Waals surface area (Å²) in [5, 5.41) is 11.4. The molecule has 0 fully saturated rings. The lowest BCUT2D eigenvalue weighted by Gasteiger charge is -2.04. The van der Waals surface area contributed by atoms with E-state index in [1.54, 1.807) is 17.0 Å². The highest BCUT2D eigenvalue weighted by Gasteiger charge is 2.14. The van der Waals surface area contributed by atoms with E-state index in [1.807, 2.05) is 6.20 Å². The first-order chi connectivity index (χ1) is 9.10. The molecule has 0 unspecified atom stereocenters. The molecule has 1 aromatic heterocycles. The Hall–Kier alpha value is -1.92. The summed E-state index contributed by atoms with van der Waals surface area (Å²) in [6.45, 7) is 0.878. The summed E-state index contributed by atoms with van der Waals surface area (Å²) in [7, 11) is 0. The van der Waals surface area contributed by atoms with Gasteiger partial charge in [-0.25, -0.2) is 4.98 Å². The van der Waals surface area contributed by atoms with Crippen LogP contribution in [-0.4, -0.2) is 21.0 Å². The molecule has 0 spiro atoms. The first-order valence-corrected chi connectivity index (χ1v) is 6.11. The third kappa shape index (κ3) is 3.30. The molecular formula is C12H13ClN4O2. The van der Waals surface area contributed by atoms with Crippen LogP contribution < -0.4 is 5.73 Å². The smallest absolute Gasteiger partial charge is 0.274 e. The number of hydrogen-bond acceptors (Lipinski definition) is 4. The minimum Gasteiger partial charge on any atom is -0.333 e. The van der Waals surface area contributed by atoms with Gasteiger partial charge in [-0.2, -0.15) is 0 Å². The molecule has 0 radical (unpaired) electrons. The summed E-state index contributed by atoms with van der Waals surface area (Å²) in [6, 6.07) is 4.52. The lowest BCUT2D eigenvalue weighted by Crippen LogP contribution is -2.03. The lowest BCUT2D eigenvalue weighted by molar-refractivity contribution is -0.385. The number of aromatic nitrogens is 2. The standard InChI is InChI=1S/C12H13ClN4O2/c13-10-1-2-12(17(18)19)9(5-10)6-16-7-11(3-4-14)15-8-16/h1-2,5,7-8H,3-4,6,14H2. The van der Waals surface area contributed by atoms with Crippen molar-refractivity contribution in [3.05, 3.63) is 57.1 Å². The maximum Gasteiger partial charge on any atom is 0.274 e. The number of nitrogens with zero attached hydrogens (tertiary/aromatic N) is 3. The third-order valence-corrected chi connectivity index (χ3v) is 2.91. The molecule has 100 valence electrons. The van der Waals surface area contributed by atoms with Crippen molar-refractivity contribution in [2.45, 2.75) is 13.0 Å². The Labute approximate surface area is 115 Å². The number of halogens is 1. The molecule has 0 amide bonds. The number of imidazole rings is 1. The monoisotopic (exact) mass is 280 g/mol. The second-order valence-electron chi connectivity index (χ2n) is 4.11. The number of hydrogen-bond donors (Lipinski definition) is 1. The van der Waals surface area contributed by atoms with E-state index in [-0.39, 0.29) is 5.69 Å². The molecule has 2 rings (SSSR count). The van der Waals surface area contributed by atoms with E-state index in [2.05, 4.69) is 4.98 Å². The van der Waals surface area contributed by atoms with E-state index in [0.717, 1.165) is 5.69 Å². The van der Waals surface area contributed by atoms with Crippen molar-refractivity contribution in [1.29, 1.82) is 0 Å². The zero-order valence-corrected chi connectivity index (χ0v) is 10.9. The zero-order valence-electron chi connectivity index (χ0n) is 10.1. The van der Waals surface area contributed by atoms with Crippen LogP contribution in [-0.2, 0) is 13.0 Å². The fourth-order valence-corrected chi connectivity index (χ4v) is 2.02. The van der Waals surface area contributed by atoms with Crippen LogP contribution in [0.1, 0.15) is 11.3 Å². The molecule has 1 heterocycles. The summed E-state index contributed by atoms with van der Waals surface area (Å²) in [5.74, 6) is 0. The Kier molecular flexibility index (Phi) is 4.13. The first-order valence-electron chi connectivity index (χ1n) is 5.73. The van der Waals surface area contributed by atoms with Crippen LogP contribution in [0.4, 0.5) is 5.69 Å². The van der Waals surface area contributed by atoms with E-state index < -0.39 is 4.92 Å². The van der Waals surface area contributed by atoms with Crippen LogP contribution in [0.3, 0.4) is 0 Å². The predicted octanol–water partition coefficient (Wildman–Crippen LogP) is 1.99. The fraction of sp³-hybridized carbons (Fsp3) is 0.250. The van der Waals surface area contributed by atoms with Crippen molar-refractivity contribution >= 4 is 17.3 Å². The van der Waals surface area contributed by atoms with Gasteiger partial charge >= 0.3 is 0 Å². The van der Waals surface area contributed by atoms with Gasteiger partial charge in [-0.3, -0.25) is 10.1 Å². The molecule has 0 aliphatic heterocycles. The average molecular weight is 281 g/mol. The van der Waals surface area contributed by atoms with Gasteiger partial charge in [-0.1, -0.05) is 11.6 Å². The quantitative estimate of drug-likeness (QED) is 0.670. The SMILES string of the molecule is NCCc1cn(Cc2cc(Cl)ccc2[N+](=O)[O-])cn1. The number of nitrogens with two attached hydrogens (primary N) is 1. The van der Waals surface area contributed by atoms with E-state index in [4.69, 9.17) is 17.3 Å². The highest BCUT2D eigenvalue weighted by molar-refractivity contribution is 6.30. The summed E-state index contributed by atoms with van der Waals surface area (Å²) in [4.78, 5) is 14.7. The normalized spacial score (nSPS) is 10.6. The van der Waals surface area contributed by atoms with Gasteiger partial charge in [0.15, 0.2) is 0 Å². The summed E-state index contributed by atoms with van der Waals surface area (Å²) >= 11 is 5.88. The first kappa shape index (κ1) is 13.5. The number of benzene rings is 1. The van der Waals surface area contributed by atoms with Crippen molar-refractivity contribution in [3.63, 3.8) is 0 Å². The Bertz CT molecular complexity index is 597. The van der Waals surface area contributed by atoms with Crippen LogP contribution in [0, 0.1) is 10.1 Å². The molecule has 0 atom stereocenters. The van der Waals surface area contributed by atoms with Crippen LogP contribution in [0.15, 0.2) is 30.7 Å². The highest BCUT2D eigenvalue weighted by Crippen LogP contribution is 2.23. The molecule has 1 aromatic carbocycles. The number of nitro groups is 1. The molecule has 6 nitrogen and oxygen atoms in total. The maximum absolute atomic E-state index is 11.0. The summed E-state index contributed by atoms with van der Waals surface area (Å²) in [6.07, 6.45) is 4.15. The summed E-state index contributed by atoms with van der Waals surface area (Å²) < 4.78 is 1.78. The van der Waals surface area contributed by atoms with Gasteiger partial charge < -0.3 is 10.3 Å². The van der Waals surface area contributed by atoms with E-state index in [0.29, 0.717) is 30.1 Å². The number of nitro benzene ring substituents is 1. The van der Waals surface area contributed by atoms with Gasteiger partial charge in [0.05, 0.1) is 29.1 Å². The maximum atomic E-state index is 11.0. The Morgan fingerprint density at radius 2 is 2.26 bits per heavy atom. The van der Waals surface area contributed by atoms with Gasteiger partial charge in [0.2, 0.25) is 0 Å². The van der Waals surface area contributed by atoms with Crippen molar-refractivity contribution in [2.75, 3.05) is 6.54 Å². The van der Waals surface area contributed by atoms with Crippen molar-refractivity contribution in [3.8, 4) is 0 Å². The number of rotatable bonds is 5. The molecule has 0 saturated carbocycles. The molecule has 7 heteroatoms. The molecule has 0 aliphatic rings. The van der Waals surface area contributed by atoms with Gasteiger partial charge in [-0.05, 0) is 18.7 Å². The van der Waals surface area contributed by atoms with Gasteiger partial charge in [0.25, 0.3) is 5.69 Å². The Balaban J connectivity index is 2.26. The topological polar surface area (TPSA) is 87.0 Å². The summed E-state index contributed by atoms with van der Waals surface area (Å²) in [5.41, 5.74) is 6.92. The van der Waals surface area contributed by atoms with E-state index in [1.165, 1.54) is 12.1 Å². The highest BCUT2D eigenvalue weighted by atomic mass is 35.5. The van der Waals surface area contributed by atoms with Gasteiger partial charge in [-0.15, -0.1) is 0 Å². The van der Waals surface area contributed by atoms with E-state index >= 15 is 0 Å². The van der Waals surface area contributed by atoms with Crippen LogP contribution in [0.25, 0.3) is 0 Å². The fourth-order valence-electron chi connectivity index (χ4n) is 1.83. The molecule has 0 saturated heterocycles. The molecule has 2 aromatic rings. The predicted molar refractivity (Wildman–Crippen MR) is 72.2 cm³/mol. The van der Waals surface area contributed by atoms with Crippen LogP contribution in [0.5, 0.6) is 0 Å². The molecule has 0 aliphatic carbocycles. The second-order valence-corrected chi connectivity index (χ2v) is 4.54. The van der Waals surface area contributed by atoms with Crippen molar-refractivity contribution in [2.24, 2.45) is 5.73 Å².